The van der Waals surface area contributed by atoms with Crippen molar-refractivity contribution in [2.45, 2.75) is 11.8 Å². The molecule has 2 rings (SSSR count). The molecule has 0 saturated carbocycles. The smallest absolute Gasteiger partial charge is 0.349 e. The van der Waals surface area contributed by atoms with E-state index in [0.717, 1.165) is 10.5 Å². The van der Waals surface area contributed by atoms with Crippen LogP contribution in [0, 0.1) is 18.3 Å². The molecule has 2 aromatic carbocycles. The van der Waals surface area contributed by atoms with Crippen LogP contribution in [-0.2, 0) is 14.3 Å². The zero-order valence-electron chi connectivity index (χ0n) is 14.5. The highest BCUT2D eigenvalue weighted by atomic mass is 32.2. The molecule has 0 fully saturated rings. The van der Waals surface area contributed by atoms with Crippen LogP contribution in [0.3, 0.4) is 0 Å². The van der Waals surface area contributed by atoms with E-state index in [0.29, 0.717) is 11.3 Å². The number of esters is 1. The van der Waals surface area contributed by atoms with E-state index in [4.69, 9.17) is 10.00 Å². The number of nitrogens with zero attached hydrogens (tertiary/aromatic N) is 1. The third-order valence-corrected chi connectivity index (χ3v) is 4.24. The summed E-state index contributed by atoms with van der Waals surface area (Å²) >= 11 is 1.50. The Morgan fingerprint density at radius 3 is 2.54 bits per heavy atom. The number of amides is 1. The van der Waals surface area contributed by atoms with Crippen LogP contribution in [0.1, 0.15) is 11.1 Å². The minimum absolute atomic E-state index is 0.161. The average Bonchev–Trinajstić information content (AvgIpc) is 2.66. The predicted octanol–water partition coefficient (Wildman–Crippen LogP) is 3.81. The molecule has 132 valence electrons. The molecule has 0 saturated heterocycles. The van der Waals surface area contributed by atoms with Crippen LogP contribution in [0.2, 0.25) is 0 Å². The molecule has 0 radical (unpaired) electrons. The van der Waals surface area contributed by atoms with Crippen molar-refractivity contribution in [2.75, 3.05) is 18.2 Å². The molecule has 0 aliphatic heterocycles. The van der Waals surface area contributed by atoms with Gasteiger partial charge >= 0.3 is 5.97 Å². The van der Waals surface area contributed by atoms with E-state index in [2.05, 4.69) is 5.32 Å². The number of nitriles is 1. The second-order valence-electron chi connectivity index (χ2n) is 5.41. The van der Waals surface area contributed by atoms with E-state index in [1.54, 1.807) is 24.3 Å². The van der Waals surface area contributed by atoms with E-state index in [1.807, 2.05) is 43.5 Å². The second kappa shape index (κ2) is 9.44. The molecule has 0 aromatic heterocycles. The first-order chi connectivity index (χ1) is 12.5. The van der Waals surface area contributed by atoms with Gasteiger partial charge in [-0.3, -0.25) is 4.79 Å². The molecule has 1 amide bonds. The first-order valence-electron chi connectivity index (χ1n) is 7.82. The van der Waals surface area contributed by atoms with Crippen LogP contribution in [0.25, 0.3) is 6.08 Å². The van der Waals surface area contributed by atoms with Crippen molar-refractivity contribution < 1.29 is 14.3 Å². The topological polar surface area (TPSA) is 79.2 Å². The lowest BCUT2D eigenvalue weighted by Crippen LogP contribution is -2.21. The van der Waals surface area contributed by atoms with Gasteiger partial charge in [0.25, 0.3) is 5.91 Å². The standard InChI is InChI=1S/C20H18N2O3S/c1-14-7-9-15(10-8-14)11-16(12-21)20(24)25-13-19(23)22-17-5-3-4-6-18(17)26-2/h3-11H,13H2,1-2H3,(H,22,23)/b16-11+. The highest BCUT2D eigenvalue weighted by Gasteiger charge is 2.14. The summed E-state index contributed by atoms with van der Waals surface area (Å²) in [5.74, 6) is -1.30. The average molecular weight is 366 g/mol. The van der Waals surface area contributed by atoms with Crippen molar-refractivity contribution >= 4 is 35.4 Å². The fourth-order valence-corrected chi connectivity index (χ4v) is 2.66. The highest BCUT2D eigenvalue weighted by molar-refractivity contribution is 7.98. The van der Waals surface area contributed by atoms with Gasteiger partial charge in [0, 0.05) is 4.90 Å². The van der Waals surface area contributed by atoms with Crippen molar-refractivity contribution in [1.29, 1.82) is 5.26 Å². The Labute approximate surface area is 156 Å². The molecule has 5 nitrogen and oxygen atoms in total. The molecule has 0 heterocycles. The normalized spacial score (nSPS) is 10.7. The van der Waals surface area contributed by atoms with Crippen molar-refractivity contribution in [3.8, 4) is 6.07 Å². The molecule has 1 N–H and O–H groups in total. The number of thioether (sulfide) groups is 1. The number of carbonyl (C=O) groups excluding carboxylic acids is 2. The summed E-state index contributed by atoms with van der Waals surface area (Å²) in [4.78, 5) is 24.9. The van der Waals surface area contributed by atoms with Crippen LogP contribution in [0.5, 0.6) is 0 Å². The molecule has 0 atom stereocenters. The zero-order valence-corrected chi connectivity index (χ0v) is 15.3. The number of nitrogens with one attached hydrogen (secondary N) is 1. The van der Waals surface area contributed by atoms with Gasteiger partial charge in [0.1, 0.15) is 11.6 Å². The lowest BCUT2D eigenvalue weighted by Gasteiger charge is -2.09. The van der Waals surface area contributed by atoms with E-state index in [-0.39, 0.29) is 5.57 Å². The lowest BCUT2D eigenvalue weighted by atomic mass is 10.1. The van der Waals surface area contributed by atoms with Crippen LogP contribution in [0.4, 0.5) is 5.69 Å². The summed E-state index contributed by atoms with van der Waals surface area (Å²) in [6.45, 7) is 1.48. The quantitative estimate of drug-likeness (QED) is 0.364. The second-order valence-corrected chi connectivity index (χ2v) is 6.25. The molecular formula is C20H18N2O3S. The molecule has 0 bridgehead atoms. The fourth-order valence-electron chi connectivity index (χ4n) is 2.11. The molecule has 0 spiro atoms. The molecule has 26 heavy (non-hydrogen) atoms. The summed E-state index contributed by atoms with van der Waals surface area (Å²) in [6, 6.07) is 16.5. The summed E-state index contributed by atoms with van der Waals surface area (Å²) in [5.41, 5.74) is 2.27. The Bertz CT molecular complexity index is 867. The van der Waals surface area contributed by atoms with Crippen molar-refractivity contribution in [2.24, 2.45) is 0 Å². The Morgan fingerprint density at radius 2 is 1.88 bits per heavy atom. The van der Waals surface area contributed by atoms with Gasteiger partial charge in [-0.05, 0) is 37.0 Å². The van der Waals surface area contributed by atoms with Gasteiger partial charge in [-0.1, -0.05) is 42.0 Å². The Kier molecular flexibility index (Phi) is 7.01. The first kappa shape index (κ1) is 19.3. The first-order valence-corrected chi connectivity index (χ1v) is 9.04. The number of para-hydroxylation sites is 1. The number of benzene rings is 2. The predicted molar refractivity (Wildman–Crippen MR) is 103 cm³/mol. The number of hydrogen-bond donors (Lipinski definition) is 1. The van der Waals surface area contributed by atoms with Crippen LogP contribution < -0.4 is 5.32 Å². The third-order valence-electron chi connectivity index (χ3n) is 3.44. The number of ether oxygens (including phenoxy) is 1. The van der Waals surface area contributed by atoms with Crippen LogP contribution >= 0.6 is 11.8 Å². The molecule has 2 aromatic rings. The SMILES string of the molecule is CSc1ccccc1NC(=O)COC(=O)/C(C#N)=C/c1ccc(C)cc1. The van der Waals surface area contributed by atoms with Gasteiger partial charge in [-0.15, -0.1) is 11.8 Å². The van der Waals surface area contributed by atoms with Gasteiger partial charge in [-0.25, -0.2) is 4.79 Å². The minimum Gasteiger partial charge on any atom is -0.451 e. The van der Waals surface area contributed by atoms with Crippen LogP contribution in [0.15, 0.2) is 59.0 Å². The number of aryl methyl sites for hydroxylation is 1. The van der Waals surface area contributed by atoms with E-state index in [9.17, 15) is 9.59 Å². The Balaban J connectivity index is 1.97. The van der Waals surface area contributed by atoms with Gasteiger partial charge in [0.05, 0.1) is 5.69 Å². The van der Waals surface area contributed by atoms with E-state index >= 15 is 0 Å². The highest BCUT2D eigenvalue weighted by Crippen LogP contribution is 2.24. The van der Waals surface area contributed by atoms with Crippen molar-refractivity contribution in [3.05, 3.63) is 65.2 Å². The maximum absolute atomic E-state index is 12.0. The van der Waals surface area contributed by atoms with Crippen molar-refractivity contribution in [1.82, 2.24) is 0 Å². The summed E-state index contributed by atoms with van der Waals surface area (Å²) in [6.07, 6.45) is 3.34. The summed E-state index contributed by atoms with van der Waals surface area (Å²) < 4.78 is 4.95. The van der Waals surface area contributed by atoms with E-state index < -0.39 is 18.5 Å². The Morgan fingerprint density at radius 1 is 1.19 bits per heavy atom. The van der Waals surface area contributed by atoms with Gasteiger partial charge < -0.3 is 10.1 Å². The van der Waals surface area contributed by atoms with Crippen molar-refractivity contribution in [3.63, 3.8) is 0 Å². The molecule has 0 aliphatic carbocycles. The summed E-state index contributed by atoms with van der Waals surface area (Å²) in [5, 5.41) is 11.8. The fraction of sp³-hybridized carbons (Fsp3) is 0.150. The Hall–Kier alpha value is -3.04. The summed E-state index contributed by atoms with van der Waals surface area (Å²) in [7, 11) is 0. The molecule has 6 heteroatoms. The monoisotopic (exact) mass is 366 g/mol. The minimum atomic E-state index is -0.832. The maximum Gasteiger partial charge on any atom is 0.349 e. The zero-order chi connectivity index (χ0) is 18.9. The number of anilines is 1. The van der Waals surface area contributed by atoms with Crippen LogP contribution in [-0.4, -0.2) is 24.7 Å². The molecule has 0 aliphatic rings. The third kappa shape index (κ3) is 5.50. The largest absolute Gasteiger partial charge is 0.451 e. The molecule has 0 unspecified atom stereocenters. The van der Waals surface area contributed by atoms with E-state index in [1.165, 1.54) is 17.8 Å². The number of hydrogen-bond acceptors (Lipinski definition) is 5. The molecular weight excluding hydrogens is 348 g/mol. The van der Waals surface area contributed by atoms with Gasteiger partial charge in [0.2, 0.25) is 0 Å². The number of carbonyl (C=O) groups is 2. The van der Waals surface area contributed by atoms with Gasteiger partial charge in [0.15, 0.2) is 6.61 Å². The maximum atomic E-state index is 12.0. The number of rotatable bonds is 6. The van der Waals surface area contributed by atoms with Gasteiger partial charge in [-0.2, -0.15) is 5.26 Å². The lowest BCUT2D eigenvalue weighted by molar-refractivity contribution is -0.142.